The molecule has 1 aromatic carbocycles. The second-order valence-electron chi connectivity index (χ2n) is 4.43. The molecule has 0 aliphatic rings. The first-order chi connectivity index (χ1) is 6.55. The average Bonchev–Trinajstić information content (AvgIpc) is 2.14. The fraction of sp³-hybridized carbons (Fsp3) is 0.455. The molecule has 3 heteroatoms. The van der Waals surface area contributed by atoms with Gasteiger partial charge in [0.1, 0.15) is 0 Å². The molecule has 0 saturated heterocycles. The van der Waals surface area contributed by atoms with Crippen LogP contribution in [0, 0.1) is 5.41 Å². The third kappa shape index (κ3) is 3.22. The lowest BCUT2D eigenvalue weighted by Crippen LogP contribution is -2.21. The van der Waals surface area contributed by atoms with Crippen LogP contribution in [-0.4, -0.2) is 8.38 Å². The van der Waals surface area contributed by atoms with Crippen LogP contribution in [0.2, 0.25) is 0 Å². The molecule has 0 aliphatic heterocycles. The van der Waals surface area contributed by atoms with E-state index in [1.165, 1.54) is 5.56 Å². The first-order valence-corrected chi connectivity index (χ1v) is 9.26. The van der Waals surface area contributed by atoms with Crippen LogP contribution in [0.25, 0.3) is 0 Å². The molecule has 1 atom stereocenters. The van der Waals surface area contributed by atoms with Crippen LogP contribution in [-0.2, 0) is 4.43 Å². The first kappa shape index (κ1) is 11.9. The van der Waals surface area contributed by atoms with Crippen molar-refractivity contribution in [1.29, 1.82) is 0 Å². The minimum absolute atomic E-state index is 0.155. The van der Waals surface area contributed by atoms with Crippen LogP contribution in [0.5, 0.6) is 0 Å². The quantitative estimate of drug-likeness (QED) is 0.607. The number of rotatable bonds is 3. The molecular weight excluding hydrogens is 256 g/mol. The summed E-state index contributed by atoms with van der Waals surface area (Å²) in [6.45, 7) is 6.63. The van der Waals surface area contributed by atoms with E-state index >= 15 is 0 Å². The second kappa shape index (κ2) is 5.10. The maximum absolute atomic E-state index is 5.85. The summed E-state index contributed by atoms with van der Waals surface area (Å²) in [7, 11) is -0.545. The van der Waals surface area contributed by atoms with Crippen molar-refractivity contribution >= 4 is 23.7 Å². The monoisotopic (exact) mass is 272 g/mol. The molecule has 0 aromatic heterocycles. The largest absolute Gasteiger partial charge is 0.405 e. The van der Waals surface area contributed by atoms with Crippen LogP contribution in [0.4, 0.5) is 0 Å². The van der Waals surface area contributed by atoms with E-state index < -0.39 is 8.38 Å². The summed E-state index contributed by atoms with van der Waals surface area (Å²) < 4.78 is 5.85. The van der Waals surface area contributed by atoms with Crippen molar-refractivity contribution in [2.45, 2.75) is 26.9 Å². The Morgan fingerprint density at radius 2 is 1.79 bits per heavy atom. The second-order valence-corrected chi connectivity index (χ2v) is 6.36. The van der Waals surface area contributed by atoms with Crippen LogP contribution in [0.1, 0.15) is 32.4 Å². The number of halogens is 1. The van der Waals surface area contributed by atoms with E-state index in [4.69, 9.17) is 4.43 Å². The molecule has 0 saturated carbocycles. The van der Waals surface area contributed by atoms with Crippen LogP contribution in [0.3, 0.4) is 0 Å². The standard InChI is InChI=1S/C11H17BrOSi/c1-11(2,3)10(13-14-12)9-7-5-4-6-8-9/h4-8,10H,14H2,1-3H3. The van der Waals surface area contributed by atoms with Crippen molar-refractivity contribution in [3.05, 3.63) is 35.9 Å². The van der Waals surface area contributed by atoms with Gasteiger partial charge in [-0.1, -0.05) is 66.4 Å². The van der Waals surface area contributed by atoms with Crippen molar-refractivity contribution < 1.29 is 4.43 Å². The van der Waals surface area contributed by atoms with Gasteiger partial charge in [-0.25, -0.2) is 0 Å². The Morgan fingerprint density at radius 3 is 2.21 bits per heavy atom. The minimum Gasteiger partial charge on any atom is -0.405 e. The summed E-state index contributed by atoms with van der Waals surface area (Å²) in [6, 6.07) is 10.4. The fourth-order valence-corrected chi connectivity index (χ4v) is 3.15. The topological polar surface area (TPSA) is 9.23 Å². The fourth-order valence-electron chi connectivity index (χ4n) is 1.54. The van der Waals surface area contributed by atoms with Crippen molar-refractivity contribution in [3.63, 3.8) is 0 Å². The van der Waals surface area contributed by atoms with Crippen molar-refractivity contribution in [2.75, 3.05) is 0 Å². The SMILES string of the molecule is CC(C)(C)C(O[SiH2]Br)c1ccccc1. The third-order valence-electron chi connectivity index (χ3n) is 2.12. The minimum atomic E-state index is -0.545. The van der Waals surface area contributed by atoms with E-state index in [2.05, 4.69) is 60.3 Å². The molecule has 0 bridgehead atoms. The molecule has 1 rings (SSSR count). The first-order valence-electron chi connectivity index (χ1n) is 4.78. The zero-order valence-electron chi connectivity index (χ0n) is 8.96. The summed E-state index contributed by atoms with van der Waals surface area (Å²) in [5, 5.41) is 0. The van der Waals surface area contributed by atoms with Gasteiger partial charge in [0.15, 0.2) is 0 Å². The van der Waals surface area contributed by atoms with E-state index in [-0.39, 0.29) is 11.5 Å². The Hall–Kier alpha value is -0.123. The maximum Gasteiger partial charge on any atom is 0.233 e. The Bertz CT molecular complexity index is 268. The van der Waals surface area contributed by atoms with Crippen LogP contribution < -0.4 is 0 Å². The molecule has 0 radical (unpaired) electrons. The van der Waals surface area contributed by atoms with Gasteiger partial charge in [-0.3, -0.25) is 0 Å². The lowest BCUT2D eigenvalue weighted by Gasteiger charge is -2.30. The van der Waals surface area contributed by atoms with E-state index in [1.54, 1.807) is 0 Å². The van der Waals surface area contributed by atoms with Gasteiger partial charge in [0.05, 0.1) is 6.10 Å². The lowest BCUT2D eigenvalue weighted by atomic mass is 9.85. The Kier molecular flexibility index (Phi) is 4.35. The third-order valence-corrected chi connectivity index (χ3v) is 3.37. The highest BCUT2D eigenvalue weighted by Gasteiger charge is 2.26. The normalized spacial score (nSPS) is 14.9. The van der Waals surface area contributed by atoms with Gasteiger partial charge >= 0.3 is 0 Å². The van der Waals surface area contributed by atoms with E-state index in [1.807, 2.05) is 6.07 Å². The summed E-state index contributed by atoms with van der Waals surface area (Å²) in [4.78, 5) is 0. The van der Waals surface area contributed by atoms with Gasteiger partial charge in [0.2, 0.25) is 8.38 Å². The molecule has 0 aliphatic carbocycles. The average molecular weight is 273 g/mol. The van der Waals surface area contributed by atoms with Gasteiger partial charge in [0.25, 0.3) is 0 Å². The van der Waals surface area contributed by atoms with Gasteiger partial charge < -0.3 is 4.43 Å². The summed E-state index contributed by atoms with van der Waals surface area (Å²) >= 11 is 3.46. The number of hydrogen-bond acceptors (Lipinski definition) is 1. The zero-order chi connectivity index (χ0) is 10.6. The van der Waals surface area contributed by atoms with Gasteiger partial charge in [-0.2, -0.15) is 0 Å². The van der Waals surface area contributed by atoms with Gasteiger partial charge in [-0.05, 0) is 11.0 Å². The molecule has 78 valence electrons. The molecule has 0 fully saturated rings. The van der Waals surface area contributed by atoms with Crippen molar-refractivity contribution in [1.82, 2.24) is 0 Å². The Morgan fingerprint density at radius 1 is 1.21 bits per heavy atom. The van der Waals surface area contributed by atoms with Crippen molar-refractivity contribution in [3.8, 4) is 0 Å². The maximum atomic E-state index is 5.85. The molecule has 0 amide bonds. The smallest absolute Gasteiger partial charge is 0.233 e. The predicted octanol–water partition coefficient (Wildman–Crippen LogP) is 3.18. The van der Waals surface area contributed by atoms with Crippen LogP contribution >= 0.6 is 15.3 Å². The van der Waals surface area contributed by atoms with E-state index in [9.17, 15) is 0 Å². The molecule has 0 spiro atoms. The van der Waals surface area contributed by atoms with Crippen LogP contribution in [0.15, 0.2) is 30.3 Å². The molecule has 14 heavy (non-hydrogen) atoms. The van der Waals surface area contributed by atoms with E-state index in [0.29, 0.717) is 0 Å². The summed E-state index contributed by atoms with van der Waals surface area (Å²) in [5.41, 5.74) is 1.43. The Balaban J connectivity index is 2.89. The molecule has 0 N–H and O–H groups in total. The number of hydrogen-bond donors (Lipinski definition) is 0. The molecule has 1 unspecified atom stereocenters. The van der Waals surface area contributed by atoms with Gasteiger partial charge in [-0.15, -0.1) is 0 Å². The van der Waals surface area contributed by atoms with Crippen molar-refractivity contribution in [2.24, 2.45) is 5.41 Å². The highest BCUT2D eigenvalue weighted by molar-refractivity contribution is 9.23. The molecule has 1 aromatic rings. The van der Waals surface area contributed by atoms with E-state index in [0.717, 1.165) is 0 Å². The number of benzene rings is 1. The summed E-state index contributed by atoms with van der Waals surface area (Å²) in [6.07, 6.45) is 0.203. The predicted molar refractivity (Wildman–Crippen MR) is 67.2 cm³/mol. The Labute approximate surface area is 96.4 Å². The molecule has 1 nitrogen and oxygen atoms in total. The van der Waals surface area contributed by atoms with Gasteiger partial charge in [0, 0.05) is 0 Å². The molecule has 0 heterocycles. The zero-order valence-corrected chi connectivity index (χ0v) is 12.0. The highest BCUT2D eigenvalue weighted by Crippen LogP contribution is 2.35. The summed E-state index contributed by atoms with van der Waals surface area (Å²) in [5.74, 6) is 0. The lowest BCUT2D eigenvalue weighted by molar-refractivity contribution is 0.0959. The highest BCUT2D eigenvalue weighted by atomic mass is 79.9. The molecular formula is C11H17BrOSi.